The second-order valence-corrected chi connectivity index (χ2v) is 7.87. The van der Waals surface area contributed by atoms with E-state index in [0.717, 1.165) is 16.5 Å². The van der Waals surface area contributed by atoms with E-state index in [4.69, 9.17) is 14.2 Å². The summed E-state index contributed by atoms with van der Waals surface area (Å²) in [5.74, 6) is 1.26. The number of hydrogen-bond acceptors (Lipinski definition) is 6. The third kappa shape index (κ3) is 4.90. The first-order chi connectivity index (χ1) is 17.1. The van der Waals surface area contributed by atoms with Crippen LogP contribution in [0.5, 0.6) is 17.2 Å². The Bertz CT molecular complexity index is 1380. The molecule has 0 unspecified atom stereocenters. The molecule has 0 radical (unpaired) electrons. The van der Waals surface area contributed by atoms with Crippen LogP contribution in [0.15, 0.2) is 72.9 Å². The summed E-state index contributed by atoms with van der Waals surface area (Å²) in [6.07, 6.45) is 1.85. The summed E-state index contributed by atoms with van der Waals surface area (Å²) < 4.78 is 18.2. The maximum Gasteiger partial charge on any atom is 0.281 e. The van der Waals surface area contributed by atoms with Gasteiger partial charge in [-0.3, -0.25) is 14.4 Å². The lowest BCUT2D eigenvalue weighted by Crippen LogP contribution is -2.27. The van der Waals surface area contributed by atoms with Crippen molar-refractivity contribution >= 4 is 28.4 Å². The number of nitrogens with one attached hydrogen (secondary N) is 2. The zero-order chi connectivity index (χ0) is 24.2. The van der Waals surface area contributed by atoms with E-state index in [1.54, 1.807) is 30.3 Å². The third-order valence-corrected chi connectivity index (χ3v) is 5.53. The standard InChI is InChI=1S/C26H23N3O6/c1-32-28-25(30)15-33-19-9-6-17(7-10-19)13-29-14-21(20-4-2-3-5-22(20)29)26(31)27-18-8-11-23-24(12-18)35-16-34-23/h2-12,14H,13,15-16H2,1H3,(H,27,31)(H,28,30). The first kappa shape index (κ1) is 22.3. The van der Waals surface area contributed by atoms with Gasteiger partial charge in [-0.25, -0.2) is 5.48 Å². The van der Waals surface area contributed by atoms with Crippen LogP contribution in [0.3, 0.4) is 0 Å². The lowest BCUT2D eigenvalue weighted by atomic mass is 10.1. The number of anilines is 1. The monoisotopic (exact) mass is 473 g/mol. The Kier molecular flexibility index (Phi) is 6.23. The van der Waals surface area contributed by atoms with Crippen LogP contribution >= 0.6 is 0 Å². The van der Waals surface area contributed by atoms with E-state index in [2.05, 4.69) is 15.6 Å². The Morgan fingerprint density at radius 1 is 1.00 bits per heavy atom. The van der Waals surface area contributed by atoms with E-state index in [-0.39, 0.29) is 25.2 Å². The van der Waals surface area contributed by atoms with Crippen LogP contribution in [0.2, 0.25) is 0 Å². The zero-order valence-electron chi connectivity index (χ0n) is 18.9. The van der Waals surface area contributed by atoms with Gasteiger partial charge in [-0.15, -0.1) is 0 Å². The topological polar surface area (TPSA) is 100 Å². The average molecular weight is 473 g/mol. The number of nitrogens with zero attached hydrogens (tertiary/aromatic N) is 1. The number of aromatic nitrogens is 1. The molecule has 1 aromatic heterocycles. The van der Waals surface area contributed by atoms with Crippen LogP contribution in [0.4, 0.5) is 5.69 Å². The number of rotatable bonds is 8. The van der Waals surface area contributed by atoms with Gasteiger partial charge in [0.2, 0.25) is 6.79 Å². The van der Waals surface area contributed by atoms with Crippen molar-refractivity contribution in [2.24, 2.45) is 0 Å². The Morgan fingerprint density at radius 2 is 1.80 bits per heavy atom. The Labute approximate surface area is 201 Å². The fourth-order valence-corrected chi connectivity index (χ4v) is 3.91. The molecule has 9 nitrogen and oxygen atoms in total. The molecular formula is C26H23N3O6. The van der Waals surface area contributed by atoms with Gasteiger partial charge in [-0.1, -0.05) is 30.3 Å². The fourth-order valence-electron chi connectivity index (χ4n) is 3.91. The molecule has 0 saturated carbocycles. The van der Waals surface area contributed by atoms with Crippen molar-refractivity contribution in [2.75, 3.05) is 25.8 Å². The predicted octanol–water partition coefficient (Wildman–Crippen LogP) is 3.73. The van der Waals surface area contributed by atoms with Crippen molar-refractivity contribution in [3.8, 4) is 17.2 Å². The van der Waals surface area contributed by atoms with Gasteiger partial charge in [0.1, 0.15) is 5.75 Å². The number of ether oxygens (including phenoxy) is 3. The van der Waals surface area contributed by atoms with E-state index < -0.39 is 0 Å². The predicted molar refractivity (Wildman–Crippen MR) is 129 cm³/mol. The summed E-state index contributed by atoms with van der Waals surface area (Å²) in [6.45, 7) is 0.593. The molecule has 35 heavy (non-hydrogen) atoms. The molecule has 0 atom stereocenters. The van der Waals surface area contributed by atoms with Crippen molar-refractivity contribution < 1.29 is 28.6 Å². The summed E-state index contributed by atoms with van der Waals surface area (Å²) in [4.78, 5) is 29.2. The maximum atomic E-state index is 13.2. The highest BCUT2D eigenvalue weighted by Crippen LogP contribution is 2.34. The normalized spacial score (nSPS) is 11.9. The highest BCUT2D eigenvalue weighted by Gasteiger charge is 2.18. The molecule has 0 fully saturated rings. The van der Waals surface area contributed by atoms with Crippen molar-refractivity contribution in [1.29, 1.82) is 0 Å². The molecule has 5 rings (SSSR count). The van der Waals surface area contributed by atoms with Gasteiger partial charge in [0.25, 0.3) is 11.8 Å². The average Bonchev–Trinajstić information content (AvgIpc) is 3.48. The number of fused-ring (bicyclic) bond motifs is 2. The molecule has 1 aliphatic rings. The molecule has 0 aliphatic carbocycles. The minimum atomic E-state index is -0.373. The van der Waals surface area contributed by atoms with Gasteiger partial charge < -0.3 is 24.1 Å². The van der Waals surface area contributed by atoms with Crippen molar-refractivity contribution in [1.82, 2.24) is 10.0 Å². The molecule has 0 bridgehead atoms. The molecule has 4 aromatic rings. The number of carbonyl (C=O) groups is 2. The molecule has 2 heterocycles. The summed E-state index contributed by atoms with van der Waals surface area (Å²) in [7, 11) is 1.37. The summed E-state index contributed by atoms with van der Waals surface area (Å²) in [5.41, 5.74) is 5.36. The Hall–Kier alpha value is -4.50. The second kappa shape index (κ2) is 9.78. The van der Waals surface area contributed by atoms with Crippen molar-refractivity contribution in [3.63, 3.8) is 0 Å². The van der Waals surface area contributed by atoms with E-state index >= 15 is 0 Å². The van der Waals surface area contributed by atoms with Gasteiger partial charge in [-0.05, 0) is 35.9 Å². The molecule has 2 amide bonds. The number of hydroxylamine groups is 1. The molecule has 3 aromatic carbocycles. The molecule has 0 saturated heterocycles. The maximum absolute atomic E-state index is 13.2. The second-order valence-electron chi connectivity index (χ2n) is 7.87. The SMILES string of the molecule is CONC(=O)COc1ccc(Cn2cc(C(=O)Nc3ccc4c(c3)OCO4)c3ccccc32)cc1. The summed E-state index contributed by atoms with van der Waals surface area (Å²) >= 11 is 0. The van der Waals surface area contributed by atoms with Crippen LogP contribution in [0.25, 0.3) is 10.9 Å². The zero-order valence-corrected chi connectivity index (χ0v) is 18.9. The van der Waals surface area contributed by atoms with E-state index in [9.17, 15) is 9.59 Å². The van der Waals surface area contributed by atoms with Crippen molar-refractivity contribution in [3.05, 3.63) is 84.1 Å². The molecular weight excluding hydrogens is 450 g/mol. The largest absolute Gasteiger partial charge is 0.484 e. The fraction of sp³-hybridized carbons (Fsp3) is 0.154. The van der Waals surface area contributed by atoms with E-state index in [1.807, 2.05) is 47.2 Å². The smallest absolute Gasteiger partial charge is 0.281 e. The minimum absolute atomic E-state index is 0.142. The Morgan fingerprint density at radius 3 is 2.63 bits per heavy atom. The van der Waals surface area contributed by atoms with E-state index in [0.29, 0.717) is 35.0 Å². The lowest BCUT2D eigenvalue weighted by Gasteiger charge is -2.08. The van der Waals surface area contributed by atoms with Crippen LogP contribution in [0.1, 0.15) is 15.9 Å². The molecule has 178 valence electrons. The van der Waals surface area contributed by atoms with Crippen molar-refractivity contribution in [2.45, 2.75) is 6.54 Å². The minimum Gasteiger partial charge on any atom is -0.484 e. The number of carbonyl (C=O) groups excluding carboxylic acids is 2. The third-order valence-electron chi connectivity index (χ3n) is 5.53. The van der Waals surface area contributed by atoms with Crippen LogP contribution in [-0.2, 0) is 16.2 Å². The summed E-state index contributed by atoms with van der Waals surface area (Å²) in [6, 6.07) is 20.5. The Balaban J connectivity index is 1.32. The van der Waals surface area contributed by atoms with Gasteiger partial charge >= 0.3 is 0 Å². The summed E-state index contributed by atoms with van der Waals surface area (Å²) in [5, 5.41) is 3.81. The van der Waals surface area contributed by atoms with Crippen LogP contribution < -0.4 is 25.0 Å². The van der Waals surface area contributed by atoms with Crippen LogP contribution in [-0.4, -0.2) is 36.9 Å². The van der Waals surface area contributed by atoms with Gasteiger partial charge in [-0.2, -0.15) is 0 Å². The van der Waals surface area contributed by atoms with E-state index in [1.165, 1.54) is 7.11 Å². The first-order valence-corrected chi connectivity index (χ1v) is 10.9. The highest BCUT2D eigenvalue weighted by atomic mass is 16.7. The number of benzene rings is 3. The highest BCUT2D eigenvalue weighted by molar-refractivity contribution is 6.13. The first-order valence-electron chi connectivity index (χ1n) is 10.9. The lowest BCUT2D eigenvalue weighted by molar-refractivity contribution is -0.133. The molecule has 1 aliphatic heterocycles. The van der Waals surface area contributed by atoms with Crippen LogP contribution in [0, 0.1) is 0 Å². The molecule has 0 spiro atoms. The van der Waals surface area contributed by atoms with Gasteiger partial charge in [0.05, 0.1) is 12.7 Å². The number of para-hydroxylation sites is 1. The quantitative estimate of drug-likeness (QED) is 0.379. The molecule has 9 heteroatoms. The molecule has 2 N–H and O–H groups in total. The van der Waals surface area contributed by atoms with Gasteiger partial charge in [0, 0.05) is 35.4 Å². The number of amides is 2. The van der Waals surface area contributed by atoms with Gasteiger partial charge in [0.15, 0.2) is 18.1 Å². The number of hydrogen-bond donors (Lipinski definition) is 2.